The molecule has 1 amide bonds. The Morgan fingerprint density at radius 1 is 1.19 bits per heavy atom. The number of carbonyl (C=O) groups excluding carboxylic acids is 1. The molecule has 0 radical (unpaired) electrons. The fraction of sp³-hybridized carbons (Fsp3) is 0.500. The Morgan fingerprint density at radius 2 is 2.03 bits per heavy atom. The monoisotopic (exact) mass is 523 g/mol. The summed E-state index contributed by atoms with van der Waals surface area (Å²) in [6, 6.07) is 6.43. The second kappa shape index (κ2) is 9.81. The zero-order chi connectivity index (χ0) is 25.4. The zero-order valence-electron chi connectivity index (χ0n) is 19.7. The van der Waals surface area contributed by atoms with Crippen molar-refractivity contribution in [3.8, 4) is 11.5 Å². The van der Waals surface area contributed by atoms with Gasteiger partial charge in [0, 0.05) is 31.9 Å². The van der Waals surface area contributed by atoms with Crippen molar-refractivity contribution >= 4 is 27.1 Å². The number of sulfone groups is 1. The van der Waals surface area contributed by atoms with Crippen molar-refractivity contribution < 1.29 is 36.2 Å². The van der Waals surface area contributed by atoms with Crippen molar-refractivity contribution in [2.45, 2.75) is 30.4 Å². The molecule has 2 fully saturated rings. The van der Waals surface area contributed by atoms with Gasteiger partial charge in [0.05, 0.1) is 48.7 Å². The number of anilines is 2. The lowest BCUT2D eigenvalue weighted by atomic mass is 10.1. The van der Waals surface area contributed by atoms with Crippen LogP contribution >= 0.6 is 0 Å². The Bertz CT molecular complexity index is 1250. The van der Waals surface area contributed by atoms with Crippen molar-refractivity contribution in [1.29, 1.82) is 0 Å². The number of alkyl halides is 2. The molecule has 12 heteroatoms. The highest BCUT2D eigenvalue weighted by atomic mass is 32.2. The number of ether oxygens (including phenoxy) is 3. The summed E-state index contributed by atoms with van der Waals surface area (Å²) in [5.41, 5.74) is 0.288. The highest BCUT2D eigenvalue weighted by molar-refractivity contribution is 7.90. The van der Waals surface area contributed by atoms with Crippen molar-refractivity contribution in [2.75, 3.05) is 50.6 Å². The molecule has 2 saturated heterocycles. The molecule has 5 rings (SSSR count). The van der Waals surface area contributed by atoms with Crippen LogP contribution in [0.4, 0.5) is 20.2 Å². The molecule has 2 atom stereocenters. The van der Waals surface area contributed by atoms with Crippen LogP contribution in [-0.2, 0) is 19.4 Å². The largest absolute Gasteiger partial charge is 0.490 e. The third-order valence-electron chi connectivity index (χ3n) is 6.59. The lowest BCUT2D eigenvalue weighted by Gasteiger charge is -2.32. The van der Waals surface area contributed by atoms with E-state index < -0.39 is 26.9 Å². The molecular formula is C24H27F2N3O6S. The van der Waals surface area contributed by atoms with Crippen LogP contribution in [0.5, 0.6) is 11.5 Å². The Morgan fingerprint density at radius 3 is 2.75 bits per heavy atom. The third kappa shape index (κ3) is 4.96. The number of pyridine rings is 1. The summed E-state index contributed by atoms with van der Waals surface area (Å²) in [5, 5.41) is -0.628. The van der Waals surface area contributed by atoms with Gasteiger partial charge in [0.15, 0.2) is 14.9 Å². The summed E-state index contributed by atoms with van der Waals surface area (Å²) in [4.78, 5) is 20.1. The van der Waals surface area contributed by atoms with Crippen LogP contribution in [0.15, 0.2) is 35.5 Å². The highest BCUT2D eigenvalue weighted by Gasteiger charge is 2.34. The maximum atomic E-state index is 13.7. The zero-order valence-corrected chi connectivity index (χ0v) is 20.5. The molecule has 194 valence electrons. The van der Waals surface area contributed by atoms with Gasteiger partial charge in [-0.25, -0.2) is 22.2 Å². The van der Waals surface area contributed by atoms with Gasteiger partial charge in [0.25, 0.3) is 6.43 Å². The van der Waals surface area contributed by atoms with Crippen LogP contribution in [0.1, 0.15) is 24.8 Å². The number of rotatable bonds is 6. The Hall–Kier alpha value is -2.99. The van der Waals surface area contributed by atoms with E-state index in [1.54, 1.807) is 23.1 Å². The second-order valence-corrected chi connectivity index (χ2v) is 11.1. The summed E-state index contributed by atoms with van der Waals surface area (Å²) >= 11 is 0. The molecule has 0 bridgehead atoms. The lowest BCUT2D eigenvalue weighted by molar-refractivity contribution is -0.134. The first-order chi connectivity index (χ1) is 17.2. The average Bonchev–Trinajstić information content (AvgIpc) is 3.55. The third-order valence-corrected chi connectivity index (χ3v) is 7.64. The number of likely N-dealkylation sites (tertiary alicyclic amines) is 1. The molecule has 2 aromatic rings. The SMILES string of the molecule is CS(=O)(=O)c1ncc(N2CCOc3ccc(O[C@H]4CCN(C(=O)[C@H]5CCOC5)C4)cc32)cc1C(F)F. The number of benzene rings is 1. The van der Waals surface area contributed by atoms with E-state index in [1.807, 2.05) is 4.90 Å². The predicted molar refractivity (Wildman–Crippen MR) is 126 cm³/mol. The second-order valence-electron chi connectivity index (χ2n) is 9.16. The highest BCUT2D eigenvalue weighted by Crippen LogP contribution is 2.41. The fourth-order valence-electron chi connectivity index (χ4n) is 4.81. The Labute approximate surface area is 207 Å². The van der Waals surface area contributed by atoms with Gasteiger partial charge in [0.2, 0.25) is 5.91 Å². The van der Waals surface area contributed by atoms with E-state index in [0.717, 1.165) is 18.7 Å². The smallest absolute Gasteiger partial charge is 0.266 e. The van der Waals surface area contributed by atoms with Crippen molar-refractivity contribution in [1.82, 2.24) is 9.88 Å². The van der Waals surface area contributed by atoms with Gasteiger partial charge in [-0.05, 0) is 24.6 Å². The molecule has 36 heavy (non-hydrogen) atoms. The topological polar surface area (TPSA) is 98.3 Å². The molecule has 4 heterocycles. The van der Waals surface area contributed by atoms with Gasteiger partial charge in [0.1, 0.15) is 24.2 Å². The number of hydrogen-bond donors (Lipinski definition) is 0. The van der Waals surface area contributed by atoms with Crippen LogP contribution in [-0.4, -0.2) is 76.0 Å². The first kappa shape index (κ1) is 24.7. The number of fused-ring (bicyclic) bond motifs is 1. The summed E-state index contributed by atoms with van der Waals surface area (Å²) in [7, 11) is -3.91. The van der Waals surface area contributed by atoms with E-state index in [4.69, 9.17) is 14.2 Å². The van der Waals surface area contributed by atoms with Crippen LogP contribution in [0.2, 0.25) is 0 Å². The van der Waals surface area contributed by atoms with E-state index in [9.17, 15) is 22.0 Å². The number of halogens is 2. The van der Waals surface area contributed by atoms with Gasteiger partial charge in [-0.15, -0.1) is 0 Å². The van der Waals surface area contributed by atoms with Gasteiger partial charge in [-0.3, -0.25) is 4.79 Å². The lowest BCUT2D eigenvalue weighted by Crippen LogP contribution is -2.36. The van der Waals surface area contributed by atoms with E-state index >= 15 is 0 Å². The molecule has 1 aromatic carbocycles. The maximum absolute atomic E-state index is 13.7. The average molecular weight is 524 g/mol. The molecule has 0 spiro atoms. The van der Waals surface area contributed by atoms with Gasteiger partial charge in [-0.2, -0.15) is 0 Å². The molecule has 3 aliphatic rings. The summed E-state index contributed by atoms with van der Waals surface area (Å²) in [6.07, 6.45) is 0.404. The number of nitrogens with zero attached hydrogens (tertiary/aromatic N) is 3. The minimum absolute atomic E-state index is 0.0842. The predicted octanol–water partition coefficient (Wildman–Crippen LogP) is 2.97. The van der Waals surface area contributed by atoms with Crippen LogP contribution < -0.4 is 14.4 Å². The molecule has 1 aromatic heterocycles. The van der Waals surface area contributed by atoms with Gasteiger partial charge >= 0.3 is 0 Å². The first-order valence-corrected chi connectivity index (χ1v) is 13.7. The summed E-state index contributed by atoms with van der Waals surface area (Å²) in [6.45, 7) is 2.86. The molecule has 0 saturated carbocycles. The number of carbonyl (C=O) groups is 1. The maximum Gasteiger partial charge on any atom is 0.266 e. The summed E-state index contributed by atoms with van der Waals surface area (Å²) < 4.78 is 68.4. The summed E-state index contributed by atoms with van der Waals surface area (Å²) in [5.74, 6) is 1.12. The van der Waals surface area contributed by atoms with E-state index in [1.165, 1.54) is 6.20 Å². The van der Waals surface area contributed by atoms with Crippen LogP contribution in [0.25, 0.3) is 0 Å². The number of hydrogen-bond acceptors (Lipinski definition) is 8. The van der Waals surface area contributed by atoms with Gasteiger partial charge in [-0.1, -0.05) is 0 Å². The Balaban J connectivity index is 1.35. The van der Waals surface area contributed by atoms with E-state index in [2.05, 4.69) is 4.98 Å². The van der Waals surface area contributed by atoms with Gasteiger partial charge < -0.3 is 24.0 Å². The van der Waals surface area contributed by atoms with Crippen LogP contribution in [0.3, 0.4) is 0 Å². The molecular weight excluding hydrogens is 496 g/mol. The van der Waals surface area contributed by atoms with Crippen LogP contribution in [0, 0.1) is 5.92 Å². The van der Waals surface area contributed by atoms with Crippen molar-refractivity contribution in [3.05, 3.63) is 36.0 Å². The molecule has 0 unspecified atom stereocenters. The van der Waals surface area contributed by atoms with E-state index in [0.29, 0.717) is 68.7 Å². The minimum Gasteiger partial charge on any atom is -0.490 e. The van der Waals surface area contributed by atoms with E-state index in [-0.39, 0.29) is 17.9 Å². The molecule has 0 aliphatic carbocycles. The number of amides is 1. The normalized spacial score (nSPS) is 22.0. The minimum atomic E-state index is -3.91. The quantitative estimate of drug-likeness (QED) is 0.570. The first-order valence-electron chi connectivity index (χ1n) is 11.8. The fourth-order valence-corrected chi connectivity index (χ4v) is 5.64. The molecule has 0 N–H and O–H groups in total. The standard InChI is InChI=1S/C24H27F2N3O6S/c1-36(31,32)23-19(22(25)26)10-16(12-27-23)29-7-9-34-21-3-2-17(11-20(21)29)35-18-4-6-28(13-18)24(30)15-5-8-33-14-15/h2-3,10-12,15,18,22H,4-9,13-14H2,1H3/t15-,18-/m0/s1. The number of aromatic nitrogens is 1. The molecule has 3 aliphatic heterocycles. The van der Waals surface area contributed by atoms with Crippen molar-refractivity contribution in [3.63, 3.8) is 0 Å². The van der Waals surface area contributed by atoms with Crippen molar-refractivity contribution in [2.24, 2.45) is 5.92 Å². The Kier molecular flexibility index (Phi) is 6.73. The molecule has 9 nitrogen and oxygen atoms in total.